The number of carbonyl (C=O) groups is 2. The van der Waals surface area contributed by atoms with E-state index in [2.05, 4.69) is 20.8 Å². The average Bonchev–Trinajstić information content (AvgIpc) is 3.17. The Bertz CT molecular complexity index is 1140. The van der Waals surface area contributed by atoms with Crippen LogP contribution in [0.3, 0.4) is 0 Å². The van der Waals surface area contributed by atoms with Crippen molar-refractivity contribution >= 4 is 52.5 Å². The maximum Gasteiger partial charge on any atom is 0.251 e. The van der Waals surface area contributed by atoms with Crippen LogP contribution in [0.15, 0.2) is 47.6 Å². The minimum absolute atomic E-state index is 0.0811. The van der Waals surface area contributed by atoms with E-state index in [1.165, 1.54) is 11.8 Å². The third kappa shape index (κ3) is 6.74. The molecule has 2 N–H and O–H groups in total. The van der Waals surface area contributed by atoms with Crippen molar-refractivity contribution in [1.29, 1.82) is 0 Å². The monoisotopic (exact) mass is 519 g/mol. The highest BCUT2D eigenvalue weighted by Gasteiger charge is 2.26. The predicted octanol–water partition coefficient (Wildman–Crippen LogP) is 5.77. The van der Waals surface area contributed by atoms with Crippen molar-refractivity contribution in [2.75, 3.05) is 11.1 Å². The van der Waals surface area contributed by atoms with Crippen LogP contribution in [0.2, 0.25) is 10.0 Å². The number of hydrogen-bond acceptors (Lipinski definition) is 5. The van der Waals surface area contributed by atoms with Gasteiger partial charge in [0.1, 0.15) is 0 Å². The van der Waals surface area contributed by atoms with Crippen LogP contribution >= 0.6 is 35.0 Å². The molecule has 1 atom stereocenters. The Morgan fingerprint density at radius 3 is 2.29 bits per heavy atom. The summed E-state index contributed by atoms with van der Waals surface area (Å²) in [6.45, 7) is 8.59. The number of aromatic nitrogens is 3. The zero-order chi connectivity index (χ0) is 24.8. The molecule has 1 heterocycles. The number of anilines is 1. The minimum atomic E-state index is -0.335. The Morgan fingerprint density at radius 2 is 1.71 bits per heavy atom. The highest BCUT2D eigenvalue weighted by molar-refractivity contribution is 7.99. The fourth-order valence-corrected chi connectivity index (χ4v) is 4.68. The third-order valence-corrected chi connectivity index (χ3v) is 6.49. The molecule has 0 bridgehead atoms. The third-order valence-electron chi connectivity index (χ3n) is 5.09. The van der Waals surface area contributed by atoms with Gasteiger partial charge in [0.25, 0.3) is 5.91 Å². The number of hydrogen-bond donors (Lipinski definition) is 2. The lowest BCUT2D eigenvalue weighted by Crippen LogP contribution is -2.33. The Balaban J connectivity index is 1.71. The van der Waals surface area contributed by atoms with Gasteiger partial charge in [-0.3, -0.25) is 9.59 Å². The number of aryl methyl sites for hydroxylation is 1. The summed E-state index contributed by atoms with van der Waals surface area (Å²) in [7, 11) is 0. The van der Waals surface area contributed by atoms with Crippen molar-refractivity contribution in [3.8, 4) is 0 Å². The zero-order valence-corrected chi connectivity index (χ0v) is 21.8. The number of thioether (sulfide) groups is 1. The summed E-state index contributed by atoms with van der Waals surface area (Å²) in [6, 6.07) is 12.0. The van der Waals surface area contributed by atoms with Crippen LogP contribution < -0.4 is 10.6 Å². The quantitative estimate of drug-likeness (QED) is 0.350. The summed E-state index contributed by atoms with van der Waals surface area (Å²) >= 11 is 13.3. The fraction of sp³-hybridized carbons (Fsp3) is 0.333. The second kappa shape index (κ2) is 11.7. The first-order valence-corrected chi connectivity index (χ1v) is 12.6. The highest BCUT2D eigenvalue weighted by Crippen LogP contribution is 2.26. The van der Waals surface area contributed by atoms with Crippen LogP contribution in [0.1, 0.15) is 48.6 Å². The standard InChI is InChI=1S/C24H27Cl2N5O2S/c1-5-31-22(21(14(2)3)28-23(33)16-8-6-15(4)7-9-16)29-30-24(31)34-13-20(32)27-19-11-17(25)10-18(26)12-19/h6-12,14,21H,5,13H2,1-4H3,(H,27,32)(H,28,33)/t21-/m0/s1. The maximum atomic E-state index is 12.8. The van der Waals surface area contributed by atoms with Crippen LogP contribution in [0.5, 0.6) is 0 Å². The molecule has 0 spiro atoms. The Labute approximate surface area is 213 Å². The lowest BCUT2D eigenvalue weighted by molar-refractivity contribution is -0.113. The van der Waals surface area contributed by atoms with Gasteiger partial charge in [0.05, 0.1) is 11.8 Å². The first-order chi connectivity index (χ1) is 16.2. The molecule has 7 nitrogen and oxygen atoms in total. The fourth-order valence-electron chi connectivity index (χ4n) is 3.35. The molecule has 34 heavy (non-hydrogen) atoms. The zero-order valence-electron chi connectivity index (χ0n) is 19.4. The van der Waals surface area contributed by atoms with E-state index in [4.69, 9.17) is 23.2 Å². The Kier molecular flexibility index (Phi) is 8.99. The minimum Gasteiger partial charge on any atom is -0.342 e. The van der Waals surface area contributed by atoms with E-state index >= 15 is 0 Å². The lowest BCUT2D eigenvalue weighted by atomic mass is 10.0. The largest absolute Gasteiger partial charge is 0.342 e. The number of halogens is 2. The van der Waals surface area contributed by atoms with Crippen molar-refractivity contribution in [2.45, 2.75) is 45.4 Å². The summed E-state index contributed by atoms with van der Waals surface area (Å²) in [6.07, 6.45) is 0. The molecule has 10 heteroatoms. The summed E-state index contributed by atoms with van der Waals surface area (Å²) < 4.78 is 1.92. The average molecular weight is 520 g/mol. The second-order valence-corrected chi connectivity index (χ2v) is 9.96. The smallest absolute Gasteiger partial charge is 0.251 e. The van der Waals surface area contributed by atoms with E-state index in [0.717, 1.165) is 5.56 Å². The molecule has 0 aliphatic heterocycles. The van der Waals surface area contributed by atoms with Crippen molar-refractivity contribution in [3.63, 3.8) is 0 Å². The molecular weight excluding hydrogens is 493 g/mol. The summed E-state index contributed by atoms with van der Waals surface area (Å²) in [5, 5.41) is 16.0. The van der Waals surface area contributed by atoms with E-state index in [1.807, 2.05) is 44.4 Å². The number of amides is 2. The molecule has 2 amide bonds. The van der Waals surface area contributed by atoms with E-state index in [1.54, 1.807) is 30.3 Å². The topological polar surface area (TPSA) is 88.9 Å². The number of carbonyl (C=O) groups excluding carboxylic acids is 2. The first-order valence-electron chi connectivity index (χ1n) is 10.9. The molecule has 0 aliphatic carbocycles. The first kappa shape index (κ1) is 26.1. The van der Waals surface area contributed by atoms with Gasteiger partial charge in [-0.15, -0.1) is 10.2 Å². The van der Waals surface area contributed by atoms with Gasteiger partial charge in [-0.2, -0.15) is 0 Å². The molecule has 0 radical (unpaired) electrons. The van der Waals surface area contributed by atoms with Gasteiger partial charge in [0, 0.05) is 27.8 Å². The lowest BCUT2D eigenvalue weighted by Gasteiger charge is -2.22. The van der Waals surface area contributed by atoms with Gasteiger partial charge in [0.2, 0.25) is 5.91 Å². The maximum absolute atomic E-state index is 12.8. The van der Waals surface area contributed by atoms with Gasteiger partial charge in [-0.25, -0.2) is 0 Å². The summed E-state index contributed by atoms with van der Waals surface area (Å²) in [5.41, 5.74) is 2.21. The normalized spacial score (nSPS) is 12.0. The van der Waals surface area contributed by atoms with Crippen LogP contribution in [0.25, 0.3) is 0 Å². The van der Waals surface area contributed by atoms with Crippen LogP contribution in [0.4, 0.5) is 5.69 Å². The van der Waals surface area contributed by atoms with Gasteiger partial charge in [-0.1, -0.05) is 66.5 Å². The molecule has 3 rings (SSSR count). The Morgan fingerprint density at radius 1 is 1.06 bits per heavy atom. The highest BCUT2D eigenvalue weighted by atomic mass is 35.5. The number of nitrogens with one attached hydrogen (secondary N) is 2. The van der Waals surface area contributed by atoms with E-state index in [9.17, 15) is 9.59 Å². The number of nitrogens with zero attached hydrogens (tertiary/aromatic N) is 3. The molecule has 3 aromatic rings. The van der Waals surface area contributed by atoms with Gasteiger partial charge < -0.3 is 15.2 Å². The van der Waals surface area contributed by atoms with Gasteiger partial charge in [0.15, 0.2) is 11.0 Å². The summed E-state index contributed by atoms with van der Waals surface area (Å²) in [5.74, 6) is 0.478. The van der Waals surface area contributed by atoms with Gasteiger partial charge >= 0.3 is 0 Å². The van der Waals surface area contributed by atoms with Crippen LogP contribution in [0, 0.1) is 12.8 Å². The number of benzene rings is 2. The summed E-state index contributed by atoms with van der Waals surface area (Å²) in [4.78, 5) is 25.3. The van der Waals surface area contributed by atoms with Gasteiger partial charge in [-0.05, 0) is 50.1 Å². The molecule has 0 saturated carbocycles. The molecule has 0 fully saturated rings. The second-order valence-electron chi connectivity index (χ2n) is 8.14. The molecule has 0 saturated heterocycles. The van der Waals surface area contributed by atoms with E-state index in [-0.39, 0.29) is 29.5 Å². The van der Waals surface area contributed by atoms with E-state index < -0.39 is 0 Å². The molecule has 1 aromatic heterocycles. The molecule has 2 aromatic carbocycles. The van der Waals surface area contributed by atoms with Crippen LogP contribution in [-0.2, 0) is 11.3 Å². The molecule has 0 unspecified atom stereocenters. The Hall–Kier alpha value is -2.55. The van der Waals surface area contributed by atoms with Crippen molar-refractivity contribution in [2.24, 2.45) is 5.92 Å². The predicted molar refractivity (Wildman–Crippen MR) is 138 cm³/mol. The van der Waals surface area contributed by atoms with E-state index in [0.29, 0.717) is 38.8 Å². The molecule has 180 valence electrons. The molecular formula is C24H27Cl2N5O2S. The van der Waals surface area contributed by atoms with Crippen molar-refractivity contribution in [3.05, 3.63) is 69.5 Å². The van der Waals surface area contributed by atoms with Crippen molar-refractivity contribution < 1.29 is 9.59 Å². The number of rotatable bonds is 9. The van der Waals surface area contributed by atoms with Crippen LogP contribution in [-0.4, -0.2) is 32.3 Å². The molecule has 0 aliphatic rings. The van der Waals surface area contributed by atoms with Crippen molar-refractivity contribution in [1.82, 2.24) is 20.1 Å². The SMILES string of the molecule is CCn1c(SCC(=O)Nc2cc(Cl)cc(Cl)c2)nnc1[C@@H](NC(=O)c1ccc(C)cc1)C(C)C.